The molecule has 4 heteroatoms. The summed E-state index contributed by atoms with van der Waals surface area (Å²) in [4.78, 5) is 21.5. The maximum absolute atomic E-state index is 11.0. The molecule has 0 radical (unpaired) electrons. The van der Waals surface area contributed by atoms with Gasteiger partial charge in [-0.25, -0.2) is 4.79 Å². The van der Waals surface area contributed by atoms with Crippen LogP contribution in [0.2, 0.25) is 0 Å². The third kappa shape index (κ3) is 2.22. The number of β-lactam (4-membered cyclic amide) rings is 1. The van der Waals surface area contributed by atoms with E-state index in [1.165, 1.54) is 0 Å². The van der Waals surface area contributed by atoms with E-state index in [0.29, 0.717) is 12.5 Å². The van der Waals surface area contributed by atoms with E-state index in [-0.39, 0.29) is 18.3 Å². The van der Waals surface area contributed by atoms with Gasteiger partial charge in [-0.05, 0) is 5.92 Å². The van der Waals surface area contributed by atoms with E-state index in [4.69, 9.17) is 4.74 Å². The van der Waals surface area contributed by atoms with Crippen molar-refractivity contribution >= 4 is 11.9 Å². The zero-order valence-electron chi connectivity index (χ0n) is 7.29. The Hall–Kier alpha value is -1.06. The number of esters is 1. The van der Waals surface area contributed by atoms with Gasteiger partial charge in [0.2, 0.25) is 5.91 Å². The Morgan fingerprint density at radius 1 is 1.75 bits per heavy atom. The fourth-order valence-electron chi connectivity index (χ4n) is 0.850. The van der Waals surface area contributed by atoms with Crippen LogP contribution in [0.1, 0.15) is 20.3 Å². The van der Waals surface area contributed by atoms with Gasteiger partial charge >= 0.3 is 5.97 Å². The average molecular weight is 171 g/mol. The molecule has 0 aromatic heterocycles. The molecular formula is C8H13NO3. The van der Waals surface area contributed by atoms with E-state index in [1.54, 1.807) is 0 Å². The fraction of sp³-hybridized carbons (Fsp3) is 0.750. The van der Waals surface area contributed by atoms with Crippen molar-refractivity contribution in [2.24, 2.45) is 5.92 Å². The Balaban J connectivity index is 2.17. The van der Waals surface area contributed by atoms with E-state index < -0.39 is 6.04 Å². The summed E-state index contributed by atoms with van der Waals surface area (Å²) in [6.45, 7) is 4.35. The van der Waals surface area contributed by atoms with Crippen LogP contribution in [-0.4, -0.2) is 24.5 Å². The van der Waals surface area contributed by atoms with Crippen molar-refractivity contribution in [2.45, 2.75) is 26.3 Å². The highest BCUT2D eigenvalue weighted by atomic mass is 16.5. The lowest BCUT2D eigenvalue weighted by atomic mass is 10.1. The van der Waals surface area contributed by atoms with Crippen molar-refractivity contribution < 1.29 is 14.3 Å². The minimum Gasteiger partial charge on any atom is -0.464 e. The summed E-state index contributed by atoms with van der Waals surface area (Å²) >= 11 is 0. The van der Waals surface area contributed by atoms with Crippen molar-refractivity contribution in [3.05, 3.63) is 0 Å². The number of hydrogen-bond donors (Lipinski definition) is 1. The Kier molecular flexibility index (Phi) is 2.68. The van der Waals surface area contributed by atoms with E-state index in [0.717, 1.165) is 0 Å². The van der Waals surface area contributed by atoms with Gasteiger partial charge in [0.1, 0.15) is 6.04 Å². The van der Waals surface area contributed by atoms with Crippen molar-refractivity contribution in [3.63, 3.8) is 0 Å². The summed E-state index contributed by atoms with van der Waals surface area (Å²) in [5.41, 5.74) is 0. The van der Waals surface area contributed by atoms with Crippen LogP contribution >= 0.6 is 0 Å². The van der Waals surface area contributed by atoms with E-state index in [1.807, 2.05) is 13.8 Å². The zero-order valence-corrected chi connectivity index (χ0v) is 7.29. The van der Waals surface area contributed by atoms with Crippen molar-refractivity contribution in [1.82, 2.24) is 5.32 Å². The minimum atomic E-state index is -0.392. The fourth-order valence-corrected chi connectivity index (χ4v) is 0.850. The summed E-state index contributed by atoms with van der Waals surface area (Å²) in [6.07, 6.45) is 0.275. The zero-order chi connectivity index (χ0) is 9.14. The number of rotatable bonds is 3. The molecule has 0 aromatic rings. The smallest absolute Gasteiger partial charge is 0.329 e. The van der Waals surface area contributed by atoms with Gasteiger partial charge < -0.3 is 10.1 Å². The molecule has 1 fully saturated rings. The van der Waals surface area contributed by atoms with Gasteiger partial charge in [-0.2, -0.15) is 0 Å². The predicted molar refractivity (Wildman–Crippen MR) is 42.3 cm³/mol. The first kappa shape index (κ1) is 9.03. The SMILES string of the molecule is CC(C)COC(=O)[C@@H]1CC(=O)N1. The molecule has 12 heavy (non-hydrogen) atoms. The van der Waals surface area contributed by atoms with Crippen molar-refractivity contribution in [1.29, 1.82) is 0 Å². The van der Waals surface area contributed by atoms with E-state index >= 15 is 0 Å². The second-order valence-electron chi connectivity index (χ2n) is 3.35. The van der Waals surface area contributed by atoms with Crippen LogP contribution in [0.5, 0.6) is 0 Å². The molecule has 0 bridgehead atoms. The predicted octanol–water partition coefficient (Wildman–Crippen LogP) is 0.0741. The van der Waals surface area contributed by atoms with Crippen LogP contribution in [0.25, 0.3) is 0 Å². The lowest BCUT2D eigenvalue weighted by Gasteiger charge is -2.24. The molecule has 68 valence electrons. The summed E-state index contributed by atoms with van der Waals surface area (Å²) < 4.78 is 4.90. The van der Waals surface area contributed by atoms with Crippen molar-refractivity contribution in [2.75, 3.05) is 6.61 Å². The standard InChI is InChI=1S/C8H13NO3/c1-5(2)4-12-8(11)6-3-7(10)9-6/h5-6H,3-4H2,1-2H3,(H,9,10)/t6-/m0/s1. The maximum Gasteiger partial charge on any atom is 0.329 e. The number of amides is 1. The Labute approximate surface area is 71.3 Å². The number of carbonyl (C=O) groups is 2. The van der Waals surface area contributed by atoms with Crippen LogP contribution in [-0.2, 0) is 14.3 Å². The van der Waals surface area contributed by atoms with E-state index in [9.17, 15) is 9.59 Å². The molecule has 1 heterocycles. The summed E-state index contributed by atoms with van der Waals surface area (Å²) in [5.74, 6) is -0.0606. The topological polar surface area (TPSA) is 55.4 Å². The molecule has 1 aliphatic heterocycles. The third-order valence-corrected chi connectivity index (χ3v) is 1.57. The third-order valence-electron chi connectivity index (χ3n) is 1.57. The van der Waals surface area contributed by atoms with Gasteiger partial charge in [0.05, 0.1) is 13.0 Å². The van der Waals surface area contributed by atoms with Gasteiger partial charge in [-0.1, -0.05) is 13.8 Å². The first-order chi connectivity index (χ1) is 5.59. The summed E-state index contributed by atoms with van der Waals surface area (Å²) in [7, 11) is 0. The quantitative estimate of drug-likeness (QED) is 0.483. The van der Waals surface area contributed by atoms with Crippen LogP contribution < -0.4 is 5.32 Å². The molecule has 1 atom stereocenters. The molecule has 0 aliphatic carbocycles. The lowest BCUT2D eigenvalue weighted by molar-refractivity contribution is -0.154. The van der Waals surface area contributed by atoms with Gasteiger partial charge in [-0.15, -0.1) is 0 Å². The van der Waals surface area contributed by atoms with Gasteiger partial charge in [-0.3, -0.25) is 4.79 Å². The summed E-state index contributed by atoms with van der Waals surface area (Å²) in [5, 5.41) is 2.45. The molecule has 1 rings (SSSR count). The molecule has 0 aromatic carbocycles. The largest absolute Gasteiger partial charge is 0.464 e. The second-order valence-corrected chi connectivity index (χ2v) is 3.35. The monoisotopic (exact) mass is 171 g/mol. The van der Waals surface area contributed by atoms with Gasteiger partial charge in [0, 0.05) is 0 Å². The molecule has 0 saturated carbocycles. The van der Waals surface area contributed by atoms with Crippen LogP contribution in [0.4, 0.5) is 0 Å². The van der Waals surface area contributed by atoms with Crippen LogP contribution in [0.15, 0.2) is 0 Å². The number of hydrogen-bond acceptors (Lipinski definition) is 3. The lowest BCUT2D eigenvalue weighted by Crippen LogP contribution is -2.53. The normalized spacial score (nSPS) is 21.6. The Morgan fingerprint density at radius 2 is 2.33 bits per heavy atom. The molecule has 1 saturated heterocycles. The number of nitrogens with one attached hydrogen (secondary N) is 1. The average Bonchev–Trinajstić information content (AvgIpc) is 1.94. The first-order valence-corrected chi connectivity index (χ1v) is 4.05. The maximum atomic E-state index is 11.0. The van der Waals surface area contributed by atoms with Gasteiger partial charge in [0.25, 0.3) is 0 Å². The first-order valence-electron chi connectivity index (χ1n) is 4.05. The molecule has 1 aliphatic rings. The molecular weight excluding hydrogens is 158 g/mol. The highest BCUT2D eigenvalue weighted by Crippen LogP contribution is 2.06. The molecule has 0 unspecified atom stereocenters. The van der Waals surface area contributed by atoms with Crippen LogP contribution in [0.3, 0.4) is 0 Å². The second kappa shape index (κ2) is 3.56. The Bertz CT molecular complexity index is 192. The molecule has 1 N–H and O–H groups in total. The molecule has 4 nitrogen and oxygen atoms in total. The van der Waals surface area contributed by atoms with E-state index in [2.05, 4.69) is 5.32 Å². The minimum absolute atomic E-state index is 0.0819. The van der Waals surface area contributed by atoms with Crippen LogP contribution in [0, 0.1) is 5.92 Å². The molecule has 0 spiro atoms. The summed E-state index contributed by atoms with van der Waals surface area (Å²) in [6, 6.07) is -0.392. The van der Waals surface area contributed by atoms with Gasteiger partial charge in [0.15, 0.2) is 0 Å². The number of carbonyl (C=O) groups excluding carboxylic acids is 2. The number of ether oxygens (including phenoxy) is 1. The Morgan fingerprint density at radius 3 is 2.75 bits per heavy atom. The highest BCUT2D eigenvalue weighted by molar-refractivity contribution is 5.94. The van der Waals surface area contributed by atoms with Crippen molar-refractivity contribution in [3.8, 4) is 0 Å². The molecule has 1 amide bonds. The highest BCUT2D eigenvalue weighted by Gasteiger charge is 2.32.